The highest BCUT2D eigenvalue weighted by molar-refractivity contribution is 5.95. The number of aromatic nitrogens is 3. The number of allylic oxidation sites excluding steroid dienone is 2. The smallest absolute Gasteiger partial charge is 0.329 e. The summed E-state index contributed by atoms with van der Waals surface area (Å²) in [6.07, 6.45) is 10.2. The van der Waals surface area contributed by atoms with E-state index in [1.165, 1.54) is 24.7 Å². The van der Waals surface area contributed by atoms with E-state index in [2.05, 4.69) is 25.6 Å². The summed E-state index contributed by atoms with van der Waals surface area (Å²) >= 11 is 0. The van der Waals surface area contributed by atoms with Crippen LogP contribution in [0.25, 0.3) is 0 Å². The molecule has 4 atom stereocenters. The van der Waals surface area contributed by atoms with E-state index in [-0.39, 0.29) is 60.9 Å². The highest BCUT2D eigenvalue weighted by Gasteiger charge is 2.30. The van der Waals surface area contributed by atoms with Crippen LogP contribution in [0.3, 0.4) is 0 Å². The quantitative estimate of drug-likeness (QED) is 0.404. The number of hydrogen-bond donors (Lipinski definition) is 4. The minimum absolute atomic E-state index is 0.00950. The van der Waals surface area contributed by atoms with Crippen LogP contribution in [0.1, 0.15) is 56.2 Å². The van der Waals surface area contributed by atoms with Gasteiger partial charge in [0, 0.05) is 37.2 Å². The third-order valence-electron chi connectivity index (χ3n) is 6.35. The number of carbonyl (C=O) groups is 4. The predicted octanol–water partition coefficient (Wildman–Crippen LogP) is 1.99. The molecule has 0 saturated heterocycles. The second kappa shape index (κ2) is 14.9. The molecule has 0 aromatic carbocycles. The van der Waals surface area contributed by atoms with Crippen LogP contribution in [0, 0.1) is 11.8 Å². The Morgan fingerprint density at radius 3 is 2.66 bits per heavy atom. The number of Topliss-reactive ketones (excluding diaryl/α,β-unsaturated/α-hetero) is 1. The number of ketones is 1. The number of aliphatic hydroxyl groups is 1. The van der Waals surface area contributed by atoms with E-state index >= 15 is 0 Å². The fourth-order valence-electron chi connectivity index (χ4n) is 4.31. The van der Waals surface area contributed by atoms with Gasteiger partial charge in [0.05, 0.1) is 18.9 Å². The summed E-state index contributed by atoms with van der Waals surface area (Å²) in [7, 11) is 0. The van der Waals surface area contributed by atoms with Gasteiger partial charge in [-0.05, 0) is 18.9 Å². The van der Waals surface area contributed by atoms with E-state index in [0.29, 0.717) is 11.3 Å². The van der Waals surface area contributed by atoms with E-state index in [1.807, 2.05) is 20.8 Å². The van der Waals surface area contributed by atoms with E-state index in [1.54, 1.807) is 25.2 Å². The van der Waals surface area contributed by atoms with Gasteiger partial charge in [-0.2, -0.15) is 0 Å². The molecule has 0 fully saturated rings. The van der Waals surface area contributed by atoms with Crippen LogP contribution in [0.5, 0.6) is 0 Å². The SMILES string of the molecule is CC1=C[C@@H](O)CC(=O)Cc2nc(co2)C(=O)N[C@H](Cc2cnc[nH]2)C(=O)O[C@H](C(C)C)[C@H](C)/C=C/C(=O)NCC=C1. The molecule has 0 radical (unpaired) electrons. The number of rotatable bonds is 3. The maximum Gasteiger partial charge on any atom is 0.329 e. The van der Waals surface area contributed by atoms with Crippen molar-refractivity contribution in [3.63, 3.8) is 0 Å². The molecule has 0 spiro atoms. The van der Waals surface area contributed by atoms with Gasteiger partial charge in [-0.15, -0.1) is 0 Å². The Balaban J connectivity index is 1.88. The van der Waals surface area contributed by atoms with E-state index in [4.69, 9.17) is 9.15 Å². The number of imidazole rings is 1. The number of ether oxygens (including phenoxy) is 1. The Kier molecular flexibility index (Phi) is 11.3. The minimum atomic E-state index is -1.09. The molecule has 1 aliphatic rings. The lowest BCUT2D eigenvalue weighted by atomic mass is 9.94. The molecule has 2 amide bonds. The average Bonchev–Trinajstić information content (AvgIpc) is 3.59. The monoisotopic (exact) mass is 567 g/mol. The first-order valence-electron chi connectivity index (χ1n) is 13.5. The van der Waals surface area contributed by atoms with Gasteiger partial charge < -0.3 is 29.9 Å². The van der Waals surface area contributed by atoms with Crippen molar-refractivity contribution in [2.24, 2.45) is 11.8 Å². The van der Waals surface area contributed by atoms with Crippen molar-refractivity contribution in [2.45, 2.75) is 65.2 Å². The van der Waals surface area contributed by atoms with Crippen molar-refractivity contribution in [1.82, 2.24) is 25.6 Å². The van der Waals surface area contributed by atoms with Gasteiger partial charge in [-0.25, -0.2) is 14.8 Å². The van der Waals surface area contributed by atoms with Gasteiger partial charge in [0.1, 0.15) is 24.2 Å². The van der Waals surface area contributed by atoms with Gasteiger partial charge in [0.2, 0.25) is 11.8 Å². The van der Waals surface area contributed by atoms with Crippen molar-refractivity contribution in [2.75, 3.05) is 6.54 Å². The first-order valence-corrected chi connectivity index (χ1v) is 13.5. The van der Waals surface area contributed by atoms with Gasteiger partial charge in [-0.1, -0.05) is 50.6 Å². The van der Waals surface area contributed by atoms with E-state index < -0.39 is 30.1 Å². The number of nitrogens with one attached hydrogen (secondary N) is 3. The second-order valence-electron chi connectivity index (χ2n) is 10.3. The molecule has 2 bridgehead atoms. The Hall–Kier alpha value is -4.32. The van der Waals surface area contributed by atoms with Crippen LogP contribution < -0.4 is 10.6 Å². The molecule has 2 aromatic rings. The molecule has 0 aliphatic carbocycles. The van der Waals surface area contributed by atoms with Crippen LogP contribution in [0.2, 0.25) is 0 Å². The normalized spacial score (nSPS) is 24.8. The molecule has 0 saturated carbocycles. The third-order valence-corrected chi connectivity index (χ3v) is 6.35. The maximum atomic E-state index is 13.4. The Morgan fingerprint density at radius 1 is 1.17 bits per heavy atom. The summed E-state index contributed by atoms with van der Waals surface area (Å²) < 4.78 is 11.2. The summed E-state index contributed by atoms with van der Waals surface area (Å²) in [5, 5.41) is 15.7. The number of nitrogens with zero attached hydrogens (tertiary/aromatic N) is 2. The minimum Gasteiger partial charge on any atom is -0.460 e. The molecule has 12 heteroatoms. The summed E-state index contributed by atoms with van der Waals surface area (Å²) in [5.74, 6) is -2.42. The summed E-state index contributed by atoms with van der Waals surface area (Å²) in [6.45, 7) is 7.65. The highest BCUT2D eigenvalue weighted by atomic mass is 16.5. The van der Waals surface area contributed by atoms with Crippen LogP contribution in [-0.4, -0.2) is 68.4 Å². The Morgan fingerprint density at radius 2 is 1.95 bits per heavy atom. The number of fused-ring (bicyclic) bond motifs is 2. The molecule has 3 rings (SSSR count). The number of cyclic esters (lactones) is 1. The fourth-order valence-corrected chi connectivity index (χ4v) is 4.31. The predicted molar refractivity (Wildman–Crippen MR) is 148 cm³/mol. The van der Waals surface area contributed by atoms with Crippen molar-refractivity contribution in [3.05, 3.63) is 72.0 Å². The first kappa shape index (κ1) is 31.2. The number of amides is 2. The van der Waals surface area contributed by atoms with Gasteiger partial charge in [0.15, 0.2) is 5.69 Å². The summed E-state index contributed by atoms with van der Waals surface area (Å²) in [5.41, 5.74) is 1.19. The number of aliphatic hydroxyl groups excluding tert-OH is 1. The molecule has 0 unspecified atom stereocenters. The van der Waals surface area contributed by atoms with Crippen LogP contribution in [-0.2, 0) is 32.0 Å². The van der Waals surface area contributed by atoms with Gasteiger partial charge >= 0.3 is 5.97 Å². The van der Waals surface area contributed by atoms with Gasteiger partial charge in [0.25, 0.3) is 5.91 Å². The molecule has 4 N–H and O–H groups in total. The molecule has 1 aliphatic heterocycles. The maximum absolute atomic E-state index is 13.4. The van der Waals surface area contributed by atoms with Gasteiger partial charge in [-0.3, -0.25) is 14.4 Å². The Labute approximate surface area is 238 Å². The topological polar surface area (TPSA) is 177 Å². The fraction of sp³-hybridized carbons (Fsp3) is 0.448. The van der Waals surface area contributed by atoms with Crippen molar-refractivity contribution in [3.8, 4) is 0 Å². The summed E-state index contributed by atoms with van der Waals surface area (Å²) in [4.78, 5) is 62.1. The number of oxazole rings is 1. The average molecular weight is 568 g/mol. The number of hydrogen-bond acceptors (Lipinski definition) is 9. The van der Waals surface area contributed by atoms with Crippen LogP contribution in [0.4, 0.5) is 0 Å². The summed E-state index contributed by atoms with van der Waals surface area (Å²) in [6, 6.07) is -1.09. The molecule has 2 aromatic heterocycles. The second-order valence-corrected chi connectivity index (χ2v) is 10.3. The zero-order valence-electron chi connectivity index (χ0n) is 23.6. The zero-order chi connectivity index (χ0) is 29.9. The molecular formula is C29H37N5O7. The van der Waals surface area contributed by atoms with E-state index in [9.17, 15) is 24.3 Å². The molecule has 41 heavy (non-hydrogen) atoms. The lowest BCUT2D eigenvalue weighted by molar-refractivity contribution is -0.155. The molecular weight excluding hydrogens is 530 g/mol. The largest absolute Gasteiger partial charge is 0.460 e. The molecule has 220 valence electrons. The number of carbonyl (C=O) groups excluding carboxylic acids is 4. The standard InChI is InChI=1S/C29H37N5O7/c1-17(2)27-19(4)7-8-25(37)31-9-5-6-18(3)10-21(35)12-22(36)13-26-33-24(15-40-26)28(38)34-23(29(39)41-27)11-20-14-30-16-32-20/h5-8,10,14-17,19,21,23,27,35H,9,11-13H2,1-4H3,(H,30,32)(H,31,37)(H,34,38)/b6-5?,8-7+,18-10?/t19-,21-,23-,27-/m1/s1. The van der Waals surface area contributed by atoms with Crippen molar-refractivity contribution < 1.29 is 33.4 Å². The van der Waals surface area contributed by atoms with Crippen LogP contribution in [0.15, 0.2) is 59.2 Å². The van der Waals surface area contributed by atoms with Crippen LogP contribution >= 0.6 is 0 Å². The number of H-pyrrole nitrogens is 1. The van der Waals surface area contributed by atoms with E-state index in [0.717, 1.165) is 6.26 Å². The van der Waals surface area contributed by atoms with Crippen molar-refractivity contribution in [1.29, 1.82) is 0 Å². The lowest BCUT2D eigenvalue weighted by Gasteiger charge is -2.28. The Bertz CT molecular complexity index is 1290. The number of esters is 1. The number of aromatic amines is 1. The zero-order valence-corrected chi connectivity index (χ0v) is 23.6. The molecule has 12 nitrogen and oxygen atoms in total. The third kappa shape index (κ3) is 9.98. The highest BCUT2D eigenvalue weighted by Crippen LogP contribution is 2.20. The lowest BCUT2D eigenvalue weighted by Crippen LogP contribution is -2.46. The molecule has 3 heterocycles. The van der Waals surface area contributed by atoms with Crippen molar-refractivity contribution >= 4 is 23.6 Å². The first-order chi connectivity index (χ1) is 19.5.